The maximum absolute atomic E-state index is 12.9. The zero-order valence-electron chi connectivity index (χ0n) is 53.8. The Bertz CT molecular complexity index is 1530. The van der Waals surface area contributed by atoms with E-state index in [0.717, 1.165) is 103 Å². The SMILES string of the molecule is CC/C=C\C/C=C\C/C=C\C/C=C\C/C=C\CCCCCCCCCC(=O)OC(COC(=O)CCCCCCCCC)COC(=O)CCCCCCCCCCCCCCCCCCCCCCC/C=C\C/C=C\CCCCCCC. The highest BCUT2D eigenvalue weighted by Gasteiger charge is 2.19. The summed E-state index contributed by atoms with van der Waals surface area (Å²) >= 11 is 0. The minimum atomic E-state index is -0.780. The number of carbonyl (C=O) groups excluding carboxylic acids is 3. The fourth-order valence-electron chi connectivity index (χ4n) is 10.2. The van der Waals surface area contributed by atoms with Crippen molar-refractivity contribution in [1.82, 2.24) is 0 Å². The van der Waals surface area contributed by atoms with E-state index in [1.54, 1.807) is 0 Å². The third-order valence-electron chi connectivity index (χ3n) is 15.4. The minimum Gasteiger partial charge on any atom is -0.462 e. The van der Waals surface area contributed by atoms with Crippen molar-refractivity contribution in [2.24, 2.45) is 0 Å². The van der Waals surface area contributed by atoms with Crippen LogP contribution in [0.15, 0.2) is 85.1 Å². The maximum Gasteiger partial charge on any atom is 0.306 e. The molecule has 0 bridgehead atoms. The first-order valence-electron chi connectivity index (χ1n) is 35.1. The molecule has 0 saturated heterocycles. The fraction of sp³-hybridized carbons (Fsp3) is 0.773. The highest BCUT2D eigenvalue weighted by atomic mass is 16.6. The predicted octanol–water partition coefficient (Wildman–Crippen LogP) is 24.2. The summed E-state index contributed by atoms with van der Waals surface area (Å²) in [5.41, 5.74) is 0. The summed E-state index contributed by atoms with van der Waals surface area (Å²) < 4.78 is 16.9. The average Bonchev–Trinajstić information content (AvgIpc) is 3.46. The number of hydrogen-bond acceptors (Lipinski definition) is 6. The van der Waals surface area contributed by atoms with E-state index in [9.17, 15) is 14.4 Å². The Morgan fingerprint density at radius 2 is 0.481 bits per heavy atom. The largest absolute Gasteiger partial charge is 0.462 e. The second kappa shape index (κ2) is 69.1. The summed E-state index contributed by atoms with van der Waals surface area (Å²) in [6.45, 7) is 6.50. The molecule has 0 radical (unpaired) electrons. The normalized spacial score (nSPS) is 12.6. The van der Waals surface area contributed by atoms with Crippen LogP contribution in [0.2, 0.25) is 0 Å². The monoisotopic (exact) mass is 1130 g/mol. The zero-order chi connectivity index (χ0) is 58.5. The Morgan fingerprint density at radius 3 is 0.753 bits per heavy atom. The van der Waals surface area contributed by atoms with Crippen molar-refractivity contribution < 1.29 is 28.6 Å². The van der Waals surface area contributed by atoms with Gasteiger partial charge >= 0.3 is 17.9 Å². The number of hydrogen-bond donors (Lipinski definition) is 0. The van der Waals surface area contributed by atoms with E-state index < -0.39 is 6.10 Å². The average molecular weight is 1130 g/mol. The van der Waals surface area contributed by atoms with Crippen molar-refractivity contribution in [1.29, 1.82) is 0 Å². The standard InChI is InChI=1S/C75H132O6/c1-4-7-10-13-16-18-20-22-24-26-28-30-32-33-34-35-36-37-38-39-40-41-43-44-46-48-50-52-54-56-59-62-65-68-74(77)80-71-72(70-79-73(76)67-64-61-58-15-12-9-6-3)81-75(78)69-66-63-60-57-55-53-51-49-47-45-42-31-29-27-25-23-21-19-17-14-11-8-5-2/h8,11,17,19-20,22-23,25-26,28-29,31,45,47,72H,4-7,9-10,12-16,18,21,24,27,30,32-44,46,48-71H2,1-3H3/b11-8-,19-17-,22-20-,25-23-,28-26-,31-29-,47-45-. The molecule has 0 aromatic carbocycles. The lowest BCUT2D eigenvalue weighted by atomic mass is 10.0. The molecule has 81 heavy (non-hydrogen) atoms. The summed E-state index contributed by atoms with van der Waals surface area (Å²) in [7, 11) is 0. The van der Waals surface area contributed by atoms with Gasteiger partial charge in [-0.15, -0.1) is 0 Å². The molecule has 1 unspecified atom stereocenters. The van der Waals surface area contributed by atoms with Gasteiger partial charge in [0.1, 0.15) is 13.2 Å². The second-order valence-corrected chi connectivity index (χ2v) is 23.4. The molecular weight excluding hydrogens is 997 g/mol. The number of unbranched alkanes of at least 4 members (excludes halogenated alkanes) is 39. The zero-order valence-corrected chi connectivity index (χ0v) is 53.8. The van der Waals surface area contributed by atoms with E-state index in [4.69, 9.17) is 14.2 Å². The first-order valence-corrected chi connectivity index (χ1v) is 35.1. The Balaban J connectivity index is 4.03. The molecule has 6 nitrogen and oxygen atoms in total. The van der Waals surface area contributed by atoms with Crippen molar-refractivity contribution in [3.63, 3.8) is 0 Å². The minimum absolute atomic E-state index is 0.0772. The van der Waals surface area contributed by atoms with Gasteiger partial charge in [0, 0.05) is 19.3 Å². The molecular formula is C75H132O6. The lowest BCUT2D eigenvalue weighted by Crippen LogP contribution is -2.30. The van der Waals surface area contributed by atoms with E-state index in [1.807, 2.05) is 0 Å². The molecule has 0 amide bonds. The van der Waals surface area contributed by atoms with Crippen LogP contribution in [0.5, 0.6) is 0 Å². The van der Waals surface area contributed by atoms with Crippen LogP contribution >= 0.6 is 0 Å². The van der Waals surface area contributed by atoms with Crippen LogP contribution in [0.1, 0.15) is 355 Å². The van der Waals surface area contributed by atoms with Gasteiger partial charge < -0.3 is 14.2 Å². The number of rotatable bonds is 64. The molecule has 468 valence electrons. The highest BCUT2D eigenvalue weighted by molar-refractivity contribution is 5.71. The van der Waals surface area contributed by atoms with Crippen LogP contribution in [0.4, 0.5) is 0 Å². The molecule has 0 aliphatic rings. The molecule has 0 saturated carbocycles. The quantitative estimate of drug-likeness (QED) is 0.0261. The molecule has 1 atom stereocenters. The number of carbonyl (C=O) groups is 3. The van der Waals surface area contributed by atoms with E-state index in [0.29, 0.717) is 19.3 Å². The molecule has 0 aromatic rings. The molecule has 0 heterocycles. The van der Waals surface area contributed by atoms with E-state index in [-0.39, 0.29) is 31.1 Å². The molecule has 0 N–H and O–H groups in total. The molecule has 6 heteroatoms. The van der Waals surface area contributed by atoms with Gasteiger partial charge in [0.2, 0.25) is 0 Å². The van der Waals surface area contributed by atoms with Crippen molar-refractivity contribution in [3.8, 4) is 0 Å². The van der Waals surface area contributed by atoms with Crippen LogP contribution in [-0.4, -0.2) is 37.2 Å². The molecule has 0 fully saturated rings. The van der Waals surface area contributed by atoms with Gasteiger partial charge in [0.15, 0.2) is 6.10 Å². The van der Waals surface area contributed by atoms with E-state index in [1.165, 1.54) is 212 Å². The first-order chi connectivity index (χ1) is 40.0. The first kappa shape index (κ1) is 77.6. The van der Waals surface area contributed by atoms with Gasteiger partial charge in [0.05, 0.1) is 0 Å². The Kier molecular flexibility index (Phi) is 66.2. The summed E-state index contributed by atoms with van der Waals surface area (Å²) in [6, 6.07) is 0. The number of ether oxygens (including phenoxy) is 3. The van der Waals surface area contributed by atoms with Crippen LogP contribution in [-0.2, 0) is 28.6 Å². The second-order valence-electron chi connectivity index (χ2n) is 23.4. The molecule has 0 aliphatic heterocycles. The third-order valence-corrected chi connectivity index (χ3v) is 15.4. The third kappa shape index (κ3) is 67.3. The van der Waals surface area contributed by atoms with E-state index >= 15 is 0 Å². The summed E-state index contributed by atoms with van der Waals surface area (Å²) in [5.74, 6) is -0.880. The Hall–Kier alpha value is -3.41. The molecule has 0 spiro atoms. The van der Waals surface area contributed by atoms with Gasteiger partial charge in [-0.25, -0.2) is 0 Å². The summed E-state index contributed by atoms with van der Waals surface area (Å²) in [4.78, 5) is 38.2. The Morgan fingerprint density at radius 1 is 0.259 bits per heavy atom. The van der Waals surface area contributed by atoms with Crippen molar-refractivity contribution in [2.45, 2.75) is 361 Å². The van der Waals surface area contributed by atoms with Crippen LogP contribution in [0.25, 0.3) is 0 Å². The summed E-state index contributed by atoms with van der Waals surface area (Å²) in [5, 5.41) is 0. The van der Waals surface area contributed by atoms with Crippen molar-refractivity contribution >= 4 is 17.9 Å². The van der Waals surface area contributed by atoms with Crippen molar-refractivity contribution in [2.75, 3.05) is 13.2 Å². The smallest absolute Gasteiger partial charge is 0.306 e. The highest BCUT2D eigenvalue weighted by Crippen LogP contribution is 2.18. The molecule has 0 rings (SSSR count). The van der Waals surface area contributed by atoms with Gasteiger partial charge in [-0.3, -0.25) is 14.4 Å². The molecule has 0 aliphatic carbocycles. The van der Waals surface area contributed by atoms with Gasteiger partial charge in [0.25, 0.3) is 0 Å². The van der Waals surface area contributed by atoms with Crippen LogP contribution < -0.4 is 0 Å². The topological polar surface area (TPSA) is 78.9 Å². The fourth-order valence-corrected chi connectivity index (χ4v) is 10.2. The maximum atomic E-state index is 12.9. The molecule has 0 aromatic heterocycles. The van der Waals surface area contributed by atoms with Crippen molar-refractivity contribution in [3.05, 3.63) is 85.1 Å². The van der Waals surface area contributed by atoms with Crippen LogP contribution in [0, 0.1) is 0 Å². The summed E-state index contributed by atoms with van der Waals surface area (Å²) in [6.07, 6.45) is 92.2. The lowest BCUT2D eigenvalue weighted by Gasteiger charge is -2.18. The van der Waals surface area contributed by atoms with Crippen LogP contribution in [0.3, 0.4) is 0 Å². The Labute approximate surface area is 503 Å². The number of esters is 3. The van der Waals surface area contributed by atoms with Gasteiger partial charge in [-0.1, -0.05) is 324 Å². The van der Waals surface area contributed by atoms with Gasteiger partial charge in [-0.2, -0.15) is 0 Å². The van der Waals surface area contributed by atoms with Gasteiger partial charge in [-0.05, 0) is 96.3 Å². The lowest BCUT2D eigenvalue weighted by molar-refractivity contribution is -0.167. The predicted molar refractivity (Wildman–Crippen MR) is 353 cm³/mol. The number of allylic oxidation sites excluding steroid dienone is 14. The van der Waals surface area contributed by atoms with E-state index in [2.05, 4.69) is 106 Å².